The van der Waals surface area contributed by atoms with Crippen LogP contribution in [0.25, 0.3) is 0 Å². The molecule has 0 bridgehead atoms. The summed E-state index contributed by atoms with van der Waals surface area (Å²) >= 11 is 6.50. The van der Waals surface area contributed by atoms with Crippen molar-refractivity contribution >= 4 is 29.4 Å². The van der Waals surface area contributed by atoms with Gasteiger partial charge in [0.2, 0.25) is 11.4 Å². The topological polar surface area (TPSA) is 113 Å². The van der Waals surface area contributed by atoms with Crippen molar-refractivity contribution in [3.8, 4) is 28.7 Å². The molecule has 2 aromatic rings. The molecule has 1 unspecified atom stereocenters. The highest BCUT2D eigenvalue weighted by atomic mass is 35.5. The molecule has 0 amide bonds. The van der Waals surface area contributed by atoms with Crippen LogP contribution < -0.4 is 23.7 Å². The summed E-state index contributed by atoms with van der Waals surface area (Å²) in [5.41, 5.74) is -1.05. The molecule has 39 heavy (non-hydrogen) atoms. The molecule has 0 saturated heterocycles. The van der Waals surface area contributed by atoms with E-state index in [1.165, 1.54) is 26.5 Å². The van der Waals surface area contributed by atoms with E-state index in [0.717, 1.165) is 5.56 Å². The number of methoxy groups -OCH3 is 4. The number of aliphatic hydroxyl groups excluding tert-OH is 1. The fourth-order valence-electron chi connectivity index (χ4n) is 5.15. The third-order valence-electron chi connectivity index (χ3n) is 7.26. The van der Waals surface area contributed by atoms with Crippen molar-refractivity contribution in [1.29, 1.82) is 0 Å². The Labute approximate surface area is 232 Å². The number of fused-ring (bicyclic) bond motifs is 1. The molecule has 0 radical (unpaired) electrons. The minimum atomic E-state index is -1.86. The molecular formula is C29H32ClNO8. The van der Waals surface area contributed by atoms with Gasteiger partial charge in [0.05, 0.1) is 40.1 Å². The summed E-state index contributed by atoms with van der Waals surface area (Å²) in [7, 11) is 5.94. The Hall–Kier alpha value is -3.72. The lowest BCUT2D eigenvalue weighted by molar-refractivity contribution is -0.118. The first-order valence-corrected chi connectivity index (χ1v) is 12.8. The van der Waals surface area contributed by atoms with E-state index in [9.17, 15) is 14.7 Å². The molecule has 2 aliphatic rings. The van der Waals surface area contributed by atoms with Crippen molar-refractivity contribution < 1.29 is 38.4 Å². The number of rotatable bonds is 8. The molecule has 1 heterocycles. The van der Waals surface area contributed by atoms with Gasteiger partial charge in [-0.3, -0.25) is 14.6 Å². The zero-order chi connectivity index (χ0) is 28.6. The van der Waals surface area contributed by atoms with Crippen LogP contribution in [0.5, 0.6) is 28.7 Å². The minimum absolute atomic E-state index is 0.0258. The second-order valence-electron chi connectivity index (χ2n) is 9.84. The molecule has 1 aliphatic heterocycles. The van der Waals surface area contributed by atoms with Crippen LogP contribution >= 0.6 is 11.6 Å². The lowest BCUT2D eigenvalue weighted by atomic mass is 9.73. The molecule has 1 spiro atoms. The van der Waals surface area contributed by atoms with Gasteiger partial charge in [0, 0.05) is 24.6 Å². The summed E-state index contributed by atoms with van der Waals surface area (Å²) in [6.45, 7) is 5.65. The smallest absolute Gasteiger partial charge is 0.231 e. The van der Waals surface area contributed by atoms with Crippen molar-refractivity contribution in [2.45, 2.75) is 38.8 Å². The summed E-state index contributed by atoms with van der Waals surface area (Å²) in [5, 5.41) is 11.6. The molecule has 10 heteroatoms. The third-order valence-corrected chi connectivity index (χ3v) is 7.61. The molecule has 4 rings (SSSR count). The first-order valence-electron chi connectivity index (χ1n) is 12.5. The number of benzene rings is 2. The number of nitrogens with zero attached hydrogens (tertiary/aromatic N) is 1. The van der Waals surface area contributed by atoms with Gasteiger partial charge >= 0.3 is 0 Å². The molecule has 2 aromatic carbocycles. The molecule has 9 nitrogen and oxygen atoms in total. The van der Waals surface area contributed by atoms with Crippen LogP contribution in [-0.2, 0) is 4.79 Å². The fourth-order valence-corrected chi connectivity index (χ4v) is 5.41. The Bertz CT molecular complexity index is 1380. The number of halogens is 1. The van der Waals surface area contributed by atoms with E-state index in [-0.39, 0.29) is 57.6 Å². The second-order valence-corrected chi connectivity index (χ2v) is 10.2. The highest BCUT2D eigenvalue weighted by Gasteiger charge is 2.60. The third kappa shape index (κ3) is 4.48. The van der Waals surface area contributed by atoms with Crippen molar-refractivity contribution in [2.75, 3.05) is 28.4 Å². The standard InChI is InChI=1S/C29H32ClNO8/c1-14(2)25(16-8-9-19(35-4)20(11-16)36-5)31-13-17-18(32)10-15(3)29(27(17)33)28(34)23-21(37-6)12-22(38-7)24(30)26(23)39-29/h8-9,11-15,25,33H,10H2,1-7H3/t15-,25?,29+/m1/s1. The van der Waals surface area contributed by atoms with Gasteiger partial charge in [-0.25, -0.2) is 0 Å². The van der Waals surface area contributed by atoms with Gasteiger partial charge in [0.1, 0.15) is 22.1 Å². The highest BCUT2D eigenvalue weighted by Crippen LogP contribution is 2.54. The van der Waals surface area contributed by atoms with Crippen molar-refractivity contribution in [1.82, 2.24) is 0 Å². The zero-order valence-electron chi connectivity index (χ0n) is 23.0. The van der Waals surface area contributed by atoms with Crippen molar-refractivity contribution in [2.24, 2.45) is 16.8 Å². The van der Waals surface area contributed by atoms with Crippen LogP contribution in [0.1, 0.15) is 49.2 Å². The number of Topliss-reactive ketones (excluding diaryl/α,β-unsaturated/α-hetero) is 2. The van der Waals surface area contributed by atoms with Crippen LogP contribution in [0.3, 0.4) is 0 Å². The van der Waals surface area contributed by atoms with Gasteiger partial charge in [-0.1, -0.05) is 38.4 Å². The minimum Gasteiger partial charge on any atom is -0.507 e. The van der Waals surface area contributed by atoms with Gasteiger partial charge in [-0.15, -0.1) is 0 Å². The van der Waals surface area contributed by atoms with Gasteiger partial charge in [0.25, 0.3) is 0 Å². The molecule has 0 fully saturated rings. The number of allylic oxidation sites excluding steroid dienone is 1. The second kappa shape index (κ2) is 10.8. The maximum absolute atomic E-state index is 13.9. The molecule has 208 valence electrons. The molecule has 1 aliphatic carbocycles. The number of hydrogen-bond donors (Lipinski definition) is 1. The largest absolute Gasteiger partial charge is 0.507 e. The Morgan fingerprint density at radius 2 is 1.67 bits per heavy atom. The summed E-state index contributed by atoms with van der Waals surface area (Å²) < 4.78 is 27.7. The molecule has 3 atom stereocenters. The van der Waals surface area contributed by atoms with E-state index in [2.05, 4.69) is 4.99 Å². The van der Waals surface area contributed by atoms with E-state index in [4.69, 9.17) is 35.3 Å². The normalized spacial score (nSPS) is 21.4. The van der Waals surface area contributed by atoms with Crippen LogP contribution in [0.4, 0.5) is 0 Å². The van der Waals surface area contributed by atoms with E-state index < -0.39 is 23.1 Å². The SMILES string of the molecule is COc1ccc(C(N=CC2=C(O)[C@@]3(Oc4c(Cl)c(OC)cc(OC)c4C3=O)[C@H](C)CC2=O)C(C)C)cc1OC. The van der Waals surface area contributed by atoms with Crippen LogP contribution in [0.15, 0.2) is 40.6 Å². The maximum atomic E-state index is 13.9. The van der Waals surface area contributed by atoms with E-state index in [0.29, 0.717) is 11.5 Å². The Balaban J connectivity index is 1.81. The molecule has 1 N–H and O–H groups in total. The molecular weight excluding hydrogens is 526 g/mol. The average molecular weight is 558 g/mol. The monoisotopic (exact) mass is 557 g/mol. The van der Waals surface area contributed by atoms with Crippen molar-refractivity contribution in [3.05, 3.63) is 51.7 Å². The molecule has 0 saturated carbocycles. The van der Waals surface area contributed by atoms with Crippen LogP contribution in [0.2, 0.25) is 5.02 Å². The average Bonchev–Trinajstić information content (AvgIpc) is 3.24. The van der Waals surface area contributed by atoms with Gasteiger partial charge < -0.3 is 28.8 Å². The van der Waals surface area contributed by atoms with E-state index in [1.54, 1.807) is 27.2 Å². The number of carbonyl (C=O) groups excluding carboxylic acids is 2. The molecule has 0 aromatic heterocycles. The summed E-state index contributed by atoms with van der Waals surface area (Å²) in [6, 6.07) is 6.57. The quantitative estimate of drug-likeness (QED) is 0.419. The Morgan fingerprint density at radius 3 is 2.26 bits per heavy atom. The van der Waals surface area contributed by atoms with E-state index in [1.807, 2.05) is 26.0 Å². The lowest BCUT2D eigenvalue weighted by Crippen LogP contribution is -2.52. The number of ketones is 2. The van der Waals surface area contributed by atoms with Gasteiger partial charge in [-0.05, 0) is 23.6 Å². The predicted molar refractivity (Wildman–Crippen MR) is 146 cm³/mol. The number of hydrogen-bond acceptors (Lipinski definition) is 9. The van der Waals surface area contributed by atoms with Gasteiger partial charge in [0.15, 0.2) is 28.8 Å². The van der Waals surface area contributed by atoms with Crippen molar-refractivity contribution in [3.63, 3.8) is 0 Å². The van der Waals surface area contributed by atoms with Gasteiger partial charge in [-0.2, -0.15) is 0 Å². The number of ether oxygens (including phenoxy) is 5. The summed E-state index contributed by atoms with van der Waals surface area (Å²) in [6.07, 6.45) is 1.27. The highest BCUT2D eigenvalue weighted by molar-refractivity contribution is 6.35. The van der Waals surface area contributed by atoms with E-state index >= 15 is 0 Å². The number of aliphatic imine (C=N–C) groups is 1. The Kier molecular flexibility index (Phi) is 7.84. The maximum Gasteiger partial charge on any atom is 0.231 e. The summed E-state index contributed by atoms with van der Waals surface area (Å²) in [4.78, 5) is 31.7. The Morgan fingerprint density at radius 1 is 1.03 bits per heavy atom. The summed E-state index contributed by atoms with van der Waals surface area (Å²) in [5.74, 6) is -0.495. The number of aliphatic hydroxyl groups is 1. The first-order chi connectivity index (χ1) is 18.5. The first kappa shape index (κ1) is 28.3. The van der Waals surface area contributed by atoms with Crippen LogP contribution in [-0.4, -0.2) is 56.9 Å². The number of carbonyl (C=O) groups is 2. The zero-order valence-corrected chi connectivity index (χ0v) is 23.7. The fraction of sp³-hybridized carbons (Fsp3) is 0.414. The predicted octanol–water partition coefficient (Wildman–Crippen LogP) is 5.58. The lowest BCUT2D eigenvalue weighted by Gasteiger charge is -2.36. The van der Waals surface area contributed by atoms with Crippen LogP contribution in [0, 0.1) is 11.8 Å².